The zero-order chi connectivity index (χ0) is 9.42. The molecular formula is C8H10N2O2. The average molecular weight is 167 g/mol. The highest BCUT2D eigenvalue weighted by Crippen LogP contribution is 2.29. The van der Waals surface area contributed by atoms with Crippen LogP contribution in [0.15, 0.2) is 21.8 Å². The average Bonchev–Trinajstić information content (AvgIpc) is 1.96. The van der Waals surface area contributed by atoms with E-state index < -0.39 is 11.2 Å². The predicted molar refractivity (Wildman–Crippen MR) is 44.2 cm³/mol. The lowest BCUT2D eigenvalue weighted by atomic mass is 9.93. The summed E-state index contributed by atoms with van der Waals surface area (Å²) in [5.74, 6) is 0. The second-order valence-corrected chi connectivity index (χ2v) is 3.02. The minimum atomic E-state index is -0.611. The van der Waals surface area contributed by atoms with Crippen LogP contribution in [-0.4, -0.2) is 9.55 Å². The molecule has 1 aliphatic carbocycles. The van der Waals surface area contributed by atoms with Crippen molar-refractivity contribution in [2.45, 2.75) is 25.3 Å². The lowest BCUT2D eigenvalue weighted by Gasteiger charge is -2.26. The summed E-state index contributed by atoms with van der Waals surface area (Å²) < 4.78 is 8.70. The number of nitrogens with one attached hydrogen (secondary N) is 1. The molecule has 0 amide bonds. The highest BCUT2D eigenvalue weighted by molar-refractivity contribution is 4.88. The standard InChI is InChI=1S/C8H10N2O2/c11-7-4-5-10(8(12)9-7)6-2-1-3-6/h4-6H,1-3H2,(H,9,11,12)/i4D. The van der Waals surface area contributed by atoms with Crippen molar-refractivity contribution in [3.63, 3.8) is 0 Å². The Morgan fingerprint density at radius 3 is 2.92 bits per heavy atom. The first-order valence-electron chi connectivity index (χ1n) is 4.50. The largest absolute Gasteiger partial charge is 0.328 e. The highest BCUT2D eigenvalue weighted by Gasteiger charge is 2.19. The first kappa shape index (κ1) is 6.22. The van der Waals surface area contributed by atoms with Crippen LogP contribution >= 0.6 is 0 Å². The molecule has 1 N–H and O–H groups in total. The van der Waals surface area contributed by atoms with Gasteiger partial charge in [-0.2, -0.15) is 0 Å². The molecule has 64 valence electrons. The normalized spacial score (nSPS) is 18.5. The van der Waals surface area contributed by atoms with Gasteiger partial charge in [-0.05, 0) is 19.3 Å². The maximum atomic E-state index is 11.3. The van der Waals surface area contributed by atoms with Crippen molar-refractivity contribution in [1.29, 1.82) is 0 Å². The van der Waals surface area contributed by atoms with Crippen molar-refractivity contribution in [1.82, 2.24) is 9.55 Å². The van der Waals surface area contributed by atoms with Crippen molar-refractivity contribution in [2.24, 2.45) is 0 Å². The summed E-state index contributed by atoms with van der Waals surface area (Å²) >= 11 is 0. The Morgan fingerprint density at radius 1 is 1.58 bits per heavy atom. The summed E-state index contributed by atoms with van der Waals surface area (Å²) in [6.07, 6.45) is 4.37. The van der Waals surface area contributed by atoms with Gasteiger partial charge < -0.3 is 0 Å². The second kappa shape index (κ2) is 2.62. The lowest BCUT2D eigenvalue weighted by Crippen LogP contribution is -2.33. The Balaban J connectivity index is 2.51. The molecule has 0 saturated heterocycles. The molecule has 0 bridgehead atoms. The number of aromatic nitrogens is 2. The van der Waals surface area contributed by atoms with Crippen molar-refractivity contribution in [2.75, 3.05) is 0 Å². The second-order valence-electron chi connectivity index (χ2n) is 3.02. The van der Waals surface area contributed by atoms with Gasteiger partial charge in [0.2, 0.25) is 0 Å². The summed E-state index contributed by atoms with van der Waals surface area (Å²) in [6.45, 7) is 0. The van der Waals surface area contributed by atoms with Gasteiger partial charge in [-0.15, -0.1) is 0 Å². The maximum absolute atomic E-state index is 11.3. The van der Waals surface area contributed by atoms with Crippen LogP contribution in [0.1, 0.15) is 26.7 Å². The summed E-state index contributed by atoms with van der Waals surface area (Å²) in [5.41, 5.74) is -1.01. The summed E-state index contributed by atoms with van der Waals surface area (Å²) in [4.78, 5) is 24.2. The minimum absolute atomic E-state index is 0.147. The fourth-order valence-electron chi connectivity index (χ4n) is 1.32. The van der Waals surface area contributed by atoms with Gasteiger partial charge >= 0.3 is 5.69 Å². The van der Waals surface area contributed by atoms with Crippen molar-refractivity contribution in [3.8, 4) is 0 Å². The zero-order valence-electron chi connectivity index (χ0n) is 7.54. The minimum Gasteiger partial charge on any atom is -0.298 e. The van der Waals surface area contributed by atoms with E-state index in [9.17, 15) is 9.59 Å². The number of H-pyrrole nitrogens is 1. The fourth-order valence-corrected chi connectivity index (χ4v) is 1.32. The topological polar surface area (TPSA) is 54.9 Å². The van der Waals surface area contributed by atoms with Gasteiger partial charge in [0.1, 0.15) is 0 Å². The molecule has 1 saturated carbocycles. The zero-order valence-corrected chi connectivity index (χ0v) is 6.54. The molecule has 1 fully saturated rings. The van der Waals surface area contributed by atoms with E-state index in [2.05, 4.69) is 4.98 Å². The lowest BCUT2D eigenvalue weighted by molar-refractivity contribution is 0.302. The Kier molecular flexibility index (Phi) is 1.36. The quantitative estimate of drug-likeness (QED) is 0.652. The first-order valence-corrected chi connectivity index (χ1v) is 4.00. The molecule has 4 nitrogen and oxygen atoms in total. The Labute approximate surface area is 70.3 Å². The molecule has 1 aliphatic rings. The van der Waals surface area contributed by atoms with E-state index in [1.165, 1.54) is 10.8 Å². The van der Waals surface area contributed by atoms with Gasteiger partial charge in [-0.3, -0.25) is 14.3 Å². The van der Waals surface area contributed by atoms with Gasteiger partial charge in [-0.1, -0.05) is 0 Å². The van der Waals surface area contributed by atoms with Crippen LogP contribution in [0.4, 0.5) is 0 Å². The van der Waals surface area contributed by atoms with Crippen LogP contribution in [0.3, 0.4) is 0 Å². The van der Waals surface area contributed by atoms with E-state index in [1.807, 2.05) is 0 Å². The van der Waals surface area contributed by atoms with Crippen LogP contribution in [0.5, 0.6) is 0 Å². The Hall–Kier alpha value is -1.32. The van der Waals surface area contributed by atoms with E-state index in [-0.39, 0.29) is 12.1 Å². The smallest absolute Gasteiger partial charge is 0.298 e. The molecule has 0 radical (unpaired) electrons. The molecule has 1 aromatic heterocycles. The Bertz CT molecular complexity index is 431. The van der Waals surface area contributed by atoms with Crippen LogP contribution < -0.4 is 11.2 Å². The molecule has 0 unspecified atom stereocenters. The van der Waals surface area contributed by atoms with E-state index in [0.717, 1.165) is 19.3 Å². The molecule has 1 heterocycles. The molecule has 0 spiro atoms. The molecule has 2 rings (SSSR count). The summed E-state index contributed by atoms with van der Waals surface area (Å²) in [5, 5.41) is 0. The summed E-state index contributed by atoms with van der Waals surface area (Å²) in [6, 6.07) is 0.0416. The van der Waals surface area contributed by atoms with Gasteiger partial charge in [-0.25, -0.2) is 4.79 Å². The Morgan fingerprint density at radius 2 is 2.33 bits per heavy atom. The molecule has 4 heteroatoms. The number of aromatic amines is 1. The van der Waals surface area contributed by atoms with E-state index in [4.69, 9.17) is 1.37 Å². The van der Waals surface area contributed by atoms with E-state index in [1.54, 1.807) is 0 Å². The third kappa shape index (κ3) is 1.09. The van der Waals surface area contributed by atoms with Crippen molar-refractivity contribution >= 4 is 0 Å². The molecule has 12 heavy (non-hydrogen) atoms. The number of rotatable bonds is 1. The third-order valence-corrected chi connectivity index (χ3v) is 2.26. The van der Waals surface area contributed by atoms with Crippen LogP contribution in [-0.2, 0) is 0 Å². The number of hydrogen-bond donors (Lipinski definition) is 1. The number of nitrogens with zero attached hydrogens (tertiary/aromatic N) is 1. The third-order valence-electron chi connectivity index (χ3n) is 2.26. The summed E-state index contributed by atoms with van der Waals surface area (Å²) in [7, 11) is 0. The maximum Gasteiger partial charge on any atom is 0.328 e. The SMILES string of the molecule is [2H]c1cn(C2CCC2)c(=O)[nH]c1=O. The van der Waals surface area contributed by atoms with E-state index >= 15 is 0 Å². The van der Waals surface area contributed by atoms with Gasteiger partial charge in [0.05, 0.1) is 1.37 Å². The predicted octanol–water partition coefficient (Wildman–Crippen LogP) is 0.262. The molecule has 0 atom stereocenters. The van der Waals surface area contributed by atoms with Gasteiger partial charge in [0, 0.05) is 18.3 Å². The highest BCUT2D eigenvalue weighted by atomic mass is 16.2. The van der Waals surface area contributed by atoms with Crippen LogP contribution in [0.2, 0.25) is 0 Å². The number of hydrogen-bond acceptors (Lipinski definition) is 2. The van der Waals surface area contributed by atoms with Crippen molar-refractivity contribution in [3.05, 3.63) is 33.1 Å². The van der Waals surface area contributed by atoms with Gasteiger partial charge in [0.25, 0.3) is 5.56 Å². The van der Waals surface area contributed by atoms with Crippen molar-refractivity contribution < 1.29 is 1.37 Å². The molecule has 0 aliphatic heterocycles. The fraction of sp³-hybridized carbons (Fsp3) is 0.500. The van der Waals surface area contributed by atoms with Crippen LogP contribution in [0, 0.1) is 0 Å². The van der Waals surface area contributed by atoms with Gasteiger partial charge in [0.15, 0.2) is 0 Å². The van der Waals surface area contributed by atoms with Crippen LogP contribution in [0.25, 0.3) is 0 Å². The molecule has 0 aromatic carbocycles. The molecule has 1 aromatic rings. The monoisotopic (exact) mass is 167 g/mol. The van der Waals surface area contributed by atoms with E-state index in [0.29, 0.717) is 0 Å². The first-order chi connectivity index (χ1) is 6.18. The molecular weight excluding hydrogens is 156 g/mol.